The van der Waals surface area contributed by atoms with E-state index in [0.29, 0.717) is 5.57 Å². The minimum Gasteiger partial charge on any atom is -0.334 e. The molecule has 2 nitrogen and oxygen atoms in total. The Labute approximate surface area is 213 Å². The predicted octanol–water partition coefficient (Wildman–Crippen LogP) is 8.58. The van der Waals surface area contributed by atoms with E-state index in [1.807, 2.05) is 6.08 Å². The smallest absolute Gasteiger partial charge is 0.0988 e. The topological polar surface area (TPSA) is 27.0 Å². The van der Waals surface area contributed by atoms with Gasteiger partial charge in [-0.15, -0.1) is 0 Å². The van der Waals surface area contributed by atoms with Crippen LogP contribution < -0.4 is 4.90 Å². The average Bonchev–Trinajstić information content (AvgIpc) is 3.16. The maximum atomic E-state index is 9.67. The molecule has 0 saturated heterocycles. The largest absolute Gasteiger partial charge is 0.334 e. The van der Waals surface area contributed by atoms with Gasteiger partial charge < -0.3 is 4.90 Å². The molecule has 0 heterocycles. The lowest BCUT2D eigenvalue weighted by Gasteiger charge is -2.35. The first-order chi connectivity index (χ1) is 17.6. The van der Waals surface area contributed by atoms with Crippen LogP contribution in [0.1, 0.15) is 31.4 Å². The summed E-state index contributed by atoms with van der Waals surface area (Å²) in [6.07, 6.45) is 7.00. The van der Waals surface area contributed by atoms with Crippen molar-refractivity contribution in [1.82, 2.24) is 0 Å². The Morgan fingerprint density at radius 1 is 0.778 bits per heavy atom. The monoisotopic (exact) mass is 464 g/mol. The summed E-state index contributed by atoms with van der Waals surface area (Å²) < 4.78 is 0. The molecule has 0 saturated carbocycles. The summed E-state index contributed by atoms with van der Waals surface area (Å²) in [5.41, 5.74) is 10.7. The van der Waals surface area contributed by atoms with Crippen molar-refractivity contribution in [2.75, 3.05) is 4.90 Å². The fraction of sp³-hybridized carbons (Fsp3) is 0.147. The number of fused-ring (bicyclic) bond motifs is 3. The lowest BCUT2D eigenvalue weighted by atomic mass is 9.82. The van der Waals surface area contributed by atoms with Crippen molar-refractivity contribution in [2.45, 2.75) is 31.7 Å². The van der Waals surface area contributed by atoms with E-state index >= 15 is 0 Å². The summed E-state index contributed by atoms with van der Waals surface area (Å²) >= 11 is 0. The van der Waals surface area contributed by atoms with Crippen LogP contribution in [0.15, 0.2) is 121 Å². The van der Waals surface area contributed by atoms with Gasteiger partial charge in [0, 0.05) is 27.9 Å². The Morgan fingerprint density at radius 2 is 1.47 bits per heavy atom. The van der Waals surface area contributed by atoms with Crippen molar-refractivity contribution in [3.05, 3.63) is 132 Å². The van der Waals surface area contributed by atoms with Crippen LogP contribution in [0.5, 0.6) is 0 Å². The normalized spacial score (nSPS) is 17.0. The number of hydrogen-bond acceptors (Lipinski definition) is 2. The first-order valence-corrected chi connectivity index (χ1v) is 12.5. The van der Waals surface area contributed by atoms with Crippen molar-refractivity contribution in [1.29, 1.82) is 5.26 Å². The van der Waals surface area contributed by atoms with Gasteiger partial charge in [0.1, 0.15) is 0 Å². The molecular formula is C34H28N2. The third-order valence-electron chi connectivity index (χ3n) is 7.60. The zero-order valence-corrected chi connectivity index (χ0v) is 20.6. The van der Waals surface area contributed by atoms with E-state index in [2.05, 4.69) is 134 Å². The molecule has 36 heavy (non-hydrogen) atoms. The molecule has 1 unspecified atom stereocenters. The van der Waals surface area contributed by atoms with Crippen LogP contribution in [0.4, 0.5) is 11.4 Å². The summed E-state index contributed by atoms with van der Waals surface area (Å²) in [5.74, 6) is 0. The van der Waals surface area contributed by atoms with E-state index in [1.165, 1.54) is 33.4 Å². The van der Waals surface area contributed by atoms with Gasteiger partial charge in [0.05, 0.1) is 12.1 Å². The van der Waals surface area contributed by atoms with E-state index < -0.39 is 0 Å². The van der Waals surface area contributed by atoms with Crippen molar-refractivity contribution >= 4 is 11.4 Å². The summed E-state index contributed by atoms with van der Waals surface area (Å²) in [4.78, 5) is 2.42. The fourth-order valence-electron chi connectivity index (χ4n) is 5.82. The molecule has 2 aliphatic carbocycles. The summed E-state index contributed by atoms with van der Waals surface area (Å²) in [6, 6.07) is 37.2. The minimum atomic E-state index is -0.0767. The van der Waals surface area contributed by atoms with Crippen LogP contribution in [0, 0.1) is 11.3 Å². The van der Waals surface area contributed by atoms with Gasteiger partial charge in [-0.1, -0.05) is 98.8 Å². The van der Waals surface area contributed by atoms with E-state index in [-0.39, 0.29) is 11.5 Å². The Hall–Kier alpha value is -4.35. The molecule has 4 aromatic carbocycles. The third kappa shape index (κ3) is 3.56. The maximum Gasteiger partial charge on any atom is 0.0988 e. The fourth-order valence-corrected chi connectivity index (χ4v) is 5.82. The third-order valence-corrected chi connectivity index (χ3v) is 7.60. The molecule has 0 spiro atoms. The molecule has 0 aromatic heterocycles. The van der Waals surface area contributed by atoms with Crippen LogP contribution in [-0.4, -0.2) is 6.04 Å². The van der Waals surface area contributed by atoms with Crippen molar-refractivity contribution in [2.24, 2.45) is 0 Å². The number of hydrogen-bond donors (Lipinski definition) is 0. The van der Waals surface area contributed by atoms with Gasteiger partial charge in [-0.3, -0.25) is 0 Å². The highest BCUT2D eigenvalue weighted by Crippen LogP contribution is 2.50. The average molecular weight is 465 g/mol. The lowest BCUT2D eigenvalue weighted by Crippen LogP contribution is -2.31. The minimum absolute atomic E-state index is 0.0412. The second-order valence-electron chi connectivity index (χ2n) is 10.1. The Kier molecular flexibility index (Phi) is 5.35. The van der Waals surface area contributed by atoms with Crippen LogP contribution in [0.3, 0.4) is 0 Å². The molecule has 4 aromatic rings. The SMILES string of the molecule is CC1(C)c2ccccc2-c2ccc(N(c3ccccc3-c3ccccc3)C3C=C(C#N)C=CC3)cc21. The summed E-state index contributed by atoms with van der Waals surface area (Å²) in [7, 11) is 0. The molecule has 0 fully saturated rings. The highest BCUT2D eigenvalue weighted by atomic mass is 15.2. The molecule has 0 aliphatic heterocycles. The van der Waals surface area contributed by atoms with Gasteiger partial charge >= 0.3 is 0 Å². The molecule has 0 bridgehead atoms. The van der Waals surface area contributed by atoms with E-state index in [4.69, 9.17) is 0 Å². The number of allylic oxidation sites excluding steroid dienone is 2. The highest BCUT2D eigenvalue weighted by molar-refractivity contribution is 5.87. The van der Waals surface area contributed by atoms with Gasteiger partial charge in [-0.05, 0) is 64.6 Å². The van der Waals surface area contributed by atoms with E-state index in [9.17, 15) is 5.26 Å². The highest BCUT2D eigenvalue weighted by Gasteiger charge is 2.36. The molecule has 174 valence electrons. The van der Waals surface area contributed by atoms with Crippen molar-refractivity contribution < 1.29 is 0 Å². The van der Waals surface area contributed by atoms with E-state index in [1.54, 1.807) is 0 Å². The number of anilines is 2. The summed E-state index contributed by atoms with van der Waals surface area (Å²) in [6.45, 7) is 4.64. The molecular weight excluding hydrogens is 436 g/mol. The zero-order chi connectivity index (χ0) is 24.7. The Balaban J connectivity index is 1.55. The van der Waals surface area contributed by atoms with Gasteiger partial charge in [0.25, 0.3) is 0 Å². The lowest BCUT2D eigenvalue weighted by molar-refractivity contribution is 0.659. The standard InChI is InChI=1S/C34H28N2/c1-34(2)31-17-8-6-16-29(31)30-20-19-27(22-32(30)34)36(26-14-10-11-24(21-26)23-35)33-18-9-7-15-28(33)25-12-4-3-5-13-25/h3-13,15-22,26H,14H2,1-2H3. The van der Waals surface area contributed by atoms with Crippen LogP contribution in [0.25, 0.3) is 22.3 Å². The first-order valence-electron chi connectivity index (χ1n) is 12.5. The second-order valence-corrected chi connectivity index (χ2v) is 10.1. The molecule has 0 N–H and O–H groups in total. The molecule has 1 atom stereocenters. The first kappa shape index (κ1) is 22.1. The second kappa shape index (κ2) is 8.70. The van der Waals surface area contributed by atoms with Gasteiger partial charge in [-0.2, -0.15) is 5.26 Å². The predicted molar refractivity (Wildman–Crippen MR) is 149 cm³/mol. The summed E-state index contributed by atoms with van der Waals surface area (Å²) in [5, 5.41) is 9.67. The molecule has 2 heteroatoms. The van der Waals surface area contributed by atoms with Gasteiger partial charge in [-0.25, -0.2) is 0 Å². The molecule has 6 rings (SSSR count). The number of nitriles is 1. The number of benzene rings is 4. The Bertz CT molecular complexity index is 1550. The van der Waals surface area contributed by atoms with Gasteiger partial charge in [0.2, 0.25) is 0 Å². The number of para-hydroxylation sites is 1. The van der Waals surface area contributed by atoms with Crippen LogP contribution >= 0.6 is 0 Å². The van der Waals surface area contributed by atoms with Crippen molar-refractivity contribution in [3.8, 4) is 28.3 Å². The molecule has 2 aliphatic rings. The van der Waals surface area contributed by atoms with E-state index in [0.717, 1.165) is 17.8 Å². The van der Waals surface area contributed by atoms with Crippen LogP contribution in [0.2, 0.25) is 0 Å². The molecule has 0 radical (unpaired) electrons. The quantitative estimate of drug-likeness (QED) is 0.302. The van der Waals surface area contributed by atoms with Gasteiger partial charge in [0.15, 0.2) is 0 Å². The van der Waals surface area contributed by atoms with Crippen molar-refractivity contribution in [3.63, 3.8) is 0 Å². The zero-order valence-electron chi connectivity index (χ0n) is 20.6. The molecule has 0 amide bonds. The maximum absolute atomic E-state index is 9.67. The number of rotatable bonds is 4. The van der Waals surface area contributed by atoms with Crippen LogP contribution in [-0.2, 0) is 5.41 Å². The number of nitrogens with zero attached hydrogens (tertiary/aromatic N) is 2. The Morgan fingerprint density at radius 3 is 2.28 bits per heavy atom.